The van der Waals surface area contributed by atoms with E-state index in [1.807, 2.05) is 20.8 Å². The number of fused-ring (bicyclic) bond motifs is 1. The van der Waals surface area contributed by atoms with E-state index in [1.165, 1.54) is 6.07 Å². The van der Waals surface area contributed by atoms with Gasteiger partial charge in [-0.25, -0.2) is 17.9 Å². The average Bonchev–Trinajstić information content (AvgIpc) is 3.88. The fourth-order valence-corrected chi connectivity index (χ4v) is 13.0. The number of anilines is 1. The van der Waals surface area contributed by atoms with Crippen molar-refractivity contribution in [3.8, 4) is 0 Å². The van der Waals surface area contributed by atoms with E-state index < -0.39 is 56.8 Å². The Hall–Kier alpha value is -3.78. The topological polar surface area (TPSA) is 177 Å². The fourth-order valence-electron chi connectivity index (χ4n) is 11.7. The Morgan fingerprint density at radius 2 is 1.68 bits per heavy atom. The first kappa shape index (κ1) is 43.3. The molecule has 6 aliphatic rings. The molecule has 7 rings (SSSR count). The van der Waals surface area contributed by atoms with Crippen LogP contribution in [0.1, 0.15) is 112 Å². The second-order valence-electron chi connectivity index (χ2n) is 20.0. The minimum Gasteiger partial charge on any atom is -0.441 e. The summed E-state index contributed by atoms with van der Waals surface area (Å²) in [6.07, 6.45) is 8.53. The first-order valence-electron chi connectivity index (χ1n) is 21.6. The van der Waals surface area contributed by atoms with Crippen LogP contribution < -0.4 is 15.4 Å². The molecule has 2 saturated heterocycles. The summed E-state index contributed by atoms with van der Waals surface area (Å²) < 4.78 is 40.1. The lowest BCUT2D eigenvalue weighted by atomic mass is 9.73. The third-order valence-electron chi connectivity index (χ3n) is 15.9. The maximum absolute atomic E-state index is 15.3. The number of hydrogen-bond acceptors (Lipinski definition) is 10. The highest BCUT2D eigenvalue weighted by molar-refractivity contribution is 7.90. The Bertz CT molecular complexity index is 1980. The fraction of sp³-hybridized carbons (Fsp3) is 0.711. The zero-order valence-electron chi connectivity index (χ0n) is 35.7. The summed E-state index contributed by atoms with van der Waals surface area (Å²) >= 11 is 0. The molecule has 324 valence electrons. The molecule has 1 aromatic rings. The van der Waals surface area contributed by atoms with E-state index in [4.69, 9.17) is 9.47 Å². The highest BCUT2D eigenvalue weighted by Crippen LogP contribution is 2.88. The molecule has 1 aromatic carbocycles. The van der Waals surface area contributed by atoms with Crippen LogP contribution in [-0.2, 0) is 38.7 Å². The summed E-state index contributed by atoms with van der Waals surface area (Å²) in [5, 5.41) is 5.74. The molecule has 3 amide bonds. The Morgan fingerprint density at radius 1 is 1.00 bits per heavy atom. The van der Waals surface area contributed by atoms with Crippen LogP contribution in [0.2, 0.25) is 0 Å². The third-order valence-corrected chi connectivity index (χ3v) is 17.3. The second kappa shape index (κ2) is 15.6. The van der Waals surface area contributed by atoms with Gasteiger partial charge in [0.2, 0.25) is 11.8 Å². The molecule has 3 N–H and O–H groups in total. The summed E-state index contributed by atoms with van der Waals surface area (Å²) in [6, 6.07) is 4.60. The number of nitrogens with one attached hydrogen (secondary N) is 3. The molecule has 0 bridgehead atoms. The highest BCUT2D eigenvalue weighted by atomic mass is 32.2. The van der Waals surface area contributed by atoms with Crippen LogP contribution in [0.3, 0.4) is 0 Å². The quantitative estimate of drug-likeness (QED) is 0.173. The first-order valence-corrected chi connectivity index (χ1v) is 23.1. The van der Waals surface area contributed by atoms with Gasteiger partial charge in [0, 0.05) is 37.8 Å². The minimum atomic E-state index is -4.30. The van der Waals surface area contributed by atoms with Gasteiger partial charge in [-0.1, -0.05) is 78.5 Å². The zero-order valence-corrected chi connectivity index (χ0v) is 36.5. The lowest BCUT2D eigenvalue weighted by Crippen LogP contribution is -2.52. The molecule has 0 aromatic heterocycles. The number of nitrogens with zero attached hydrogens (tertiary/aromatic N) is 1. The molecule has 13 nitrogen and oxygen atoms in total. The molecular formula is C45H64N4O9S. The normalized spacial score (nSPS) is 29.4. The number of Topliss-reactive ketones (excluding diaryl/α,β-unsaturated/α-hetero) is 2. The summed E-state index contributed by atoms with van der Waals surface area (Å²) in [5.74, 6) is -2.88. The number of ketones is 2. The predicted molar refractivity (Wildman–Crippen MR) is 221 cm³/mol. The SMILES string of the molecule is C=C[C@@H]1C[C@]1(CC(=O)[C@@H]1C[C@@]2(CN1C(=O)[C@@H](CC(=O)[C@@H](NC(=O)OC1COC1)C1CCCCC1)C(C)(C)C)C(C)(C)C21CCC1)C(=O)NS(=O)(=O)c1ccccc1NC. The van der Waals surface area contributed by atoms with Crippen molar-refractivity contribution < 1.29 is 41.9 Å². The van der Waals surface area contributed by atoms with Crippen LogP contribution in [-0.4, -0.2) is 87.8 Å². The molecule has 2 aliphatic heterocycles. The molecule has 59 heavy (non-hydrogen) atoms. The van der Waals surface area contributed by atoms with Crippen molar-refractivity contribution in [2.75, 3.05) is 32.1 Å². The van der Waals surface area contributed by atoms with Crippen molar-refractivity contribution in [3.63, 3.8) is 0 Å². The highest BCUT2D eigenvalue weighted by Gasteiger charge is 2.85. The molecule has 2 spiro atoms. The van der Waals surface area contributed by atoms with Gasteiger partial charge < -0.3 is 25.0 Å². The van der Waals surface area contributed by atoms with Gasteiger partial charge in [0.15, 0.2) is 17.7 Å². The van der Waals surface area contributed by atoms with Crippen LogP contribution >= 0.6 is 0 Å². The number of allylic oxidation sites excluding steroid dienone is 1. The van der Waals surface area contributed by atoms with Gasteiger partial charge in [-0.3, -0.25) is 19.2 Å². The number of benzene rings is 1. The molecular weight excluding hydrogens is 773 g/mol. The number of amides is 3. The van der Waals surface area contributed by atoms with Crippen LogP contribution in [0.4, 0.5) is 10.5 Å². The van der Waals surface area contributed by atoms with Crippen molar-refractivity contribution >= 4 is 45.2 Å². The van der Waals surface area contributed by atoms with Crippen molar-refractivity contribution in [1.29, 1.82) is 0 Å². The van der Waals surface area contributed by atoms with Gasteiger partial charge in [0.25, 0.3) is 10.0 Å². The maximum atomic E-state index is 15.3. The van der Waals surface area contributed by atoms with Gasteiger partial charge in [0.1, 0.15) is 4.90 Å². The molecule has 6 fully saturated rings. The molecule has 2 heterocycles. The van der Waals surface area contributed by atoms with E-state index >= 15 is 4.79 Å². The number of alkyl carbamates (subject to hydrolysis) is 1. The van der Waals surface area contributed by atoms with E-state index in [2.05, 4.69) is 35.8 Å². The van der Waals surface area contributed by atoms with Crippen molar-refractivity contribution in [2.45, 2.75) is 135 Å². The van der Waals surface area contributed by atoms with E-state index in [1.54, 1.807) is 36.2 Å². The number of carbonyl (C=O) groups is 5. The number of likely N-dealkylation sites (tertiary alicyclic amines) is 1. The smallest absolute Gasteiger partial charge is 0.408 e. The minimum absolute atomic E-state index is 0.00444. The van der Waals surface area contributed by atoms with Crippen molar-refractivity contribution in [2.24, 2.45) is 44.8 Å². The number of carbonyl (C=O) groups excluding carboxylic acids is 5. The van der Waals surface area contributed by atoms with Crippen LogP contribution in [0.15, 0.2) is 41.8 Å². The maximum Gasteiger partial charge on any atom is 0.408 e. The summed E-state index contributed by atoms with van der Waals surface area (Å²) in [6.45, 7) is 15.2. The van der Waals surface area contributed by atoms with Crippen molar-refractivity contribution in [3.05, 3.63) is 36.9 Å². The monoisotopic (exact) mass is 836 g/mol. The molecule has 4 aliphatic carbocycles. The third kappa shape index (κ3) is 7.41. The molecule has 0 unspecified atom stereocenters. The lowest BCUT2D eigenvalue weighted by Gasteiger charge is -2.37. The molecule has 6 atom stereocenters. The Kier molecular flexibility index (Phi) is 11.5. The Labute approximate surface area is 349 Å². The van der Waals surface area contributed by atoms with Gasteiger partial charge in [-0.15, -0.1) is 6.58 Å². The lowest BCUT2D eigenvalue weighted by molar-refractivity contribution is -0.146. The average molecular weight is 837 g/mol. The molecule has 14 heteroatoms. The largest absolute Gasteiger partial charge is 0.441 e. The first-order chi connectivity index (χ1) is 27.8. The standard InChI is InChI=1S/C45H64N4O9S/c1-8-29-22-43(29,39(53)48-59(55,56)36-18-13-12-17-32(36)46-7)24-35(51)33-23-45(42(5,6)44(45)19-14-20-44)27-49(33)38(52)31(41(2,3)4)21-34(50)37(28-15-10-9-11-16-28)47-40(54)58-30-25-57-26-30/h8,12-13,17-18,28-31,33,37,46H,1,9-11,14-16,19-27H2,2-7H3,(H,47,54)(H,48,53)/t29-,31-,33+,37+,43-,45-/m1/s1. The van der Waals surface area contributed by atoms with Gasteiger partial charge in [-0.05, 0) is 78.7 Å². The summed E-state index contributed by atoms with van der Waals surface area (Å²) in [5.41, 5.74) is -2.14. The van der Waals surface area contributed by atoms with Crippen molar-refractivity contribution in [1.82, 2.24) is 14.9 Å². The van der Waals surface area contributed by atoms with Gasteiger partial charge >= 0.3 is 6.09 Å². The number of hydrogen-bond donors (Lipinski definition) is 3. The molecule has 0 radical (unpaired) electrons. The zero-order chi connectivity index (χ0) is 42.8. The van der Waals surface area contributed by atoms with Gasteiger partial charge in [0.05, 0.1) is 36.4 Å². The van der Waals surface area contributed by atoms with Gasteiger partial charge in [-0.2, -0.15) is 0 Å². The van der Waals surface area contributed by atoms with Crippen LogP contribution in [0, 0.1) is 44.8 Å². The Morgan fingerprint density at radius 3 is 2.22 bits per heavy atom. The van der Waals surface area contributed by atoms with E-state index in [9.17, 15) is 27.6 Å². The predicted octanol–water partition coefficient (Wildman–Crippen LogP) is 6.18. The van der Waals surface area contributed by atoms with E-state index in [-0.39, 0.29) is 69.9 Å². The Balaban J connectivity index is 1.15. The second-order valence-corrected chi connectivity index (χ2v) is 21.7. The molecule has 4 saturated carbocycles. The summed E-state index contributed by atoms with van der Waals surface area (Å²) in [4.78, 5) is 73.4. The van der Waals surface area contributed by atoms with E-state index in [0.717, 1.165) is 51.4 Å². The van der Waals surface area contributed by atoms with Crippen LogP contribution in [0.25, 0.3) is 0 Å². The summed E-state index contributed by atoms with van der Waals surface area (Å²) in [7, 11) is -2.71. The van der Waals surface area contributed by atoms with E-state index in [0.29, 0.717) is 31.9 Å². The van der Waals surface area contributed by atoms with Crippen LogP contribution in [0.5, 0.6) is 0 Å². The number of rotatable bonds is 15. The number of sulfonamides is 1. The number of para-hydroxylation sites is 1. The number of ether oxygens (including phenoxy) is 2.